The zero-order chi connectivity index (χ0) is 9.80. The standard InChI is InChI=1S/C12H16OS/c1-14-8-7-13-12-6-5-10-3-2-4-11(10)9-12/h5-6,9H,2-4,7-8H2,1H3. The Labute approximate surface area is 89.9 Å². The average molecular weight is 208 g/mol. The van der Waals surface area contributed by atoms with Crippen LogP contribution in [0.2, 0.25) is 0 Å². The minimum Gasteiger partial charge on any atom is -0.493 e. The van der Waals surface area contributed by atoms with Gasteiger partial charge in [0.15, 0.2) is 0 Å². The fraction of sp³-hybridized carbons (Fsp3) is 0.500. The molecule has 0 radical (unpaired) electrons. The lowest BCUT2D eigenvalue weighted by Crippen LogP contribution is -2.00. The highest BCUT2D eigenvalue weighted by atomic mass is 32.2. The first-order valence-corrected chi connectivity index (χ1v) is 6.53. The zero-order valence-electron chi connectivity index (χ0n) is 8.58. The van der Waals surface area contributed by atoms with Crippen LogP contribution in [0.3, 0.4) is 0 Å². The monoisotopic (exact) mass is 208 g/mol. The van der Waals surface area contributed by atoms with Crippen molar-refractivity contribution in [3.8, 4) is 5.75 Å². The molecule has 0 atom stereocenters. The molecule has 0 saturated heterocycles. The lowest BCUT2D eigenvalue weighted by Gasteiger charge is -2.06. The Kier molecular flexibility index (Phi) is 3.35. The molecule has 0 fully saturated rings. The maximum atomic E-state index is 5.65. The van der Waals surface area contributed by atoms with Crippen molar-refractivity contribution in [2.75, 3.05) is 18.6 Å². The van der Waals surface area contributed by atoms with Crippen molar-refractivity contribution >= 4 is 11.8 Å². The molecule has 0 bridgehead atoms. The molecule has 0 amide bonds. The van der Waals surface area contributed by atoms with Crippen LogP contribution in [0, 0.1) is 0 Å². The average Bonchev–Trinajstić information content (AvgIpc) is 2.65. The van der Waals surface area contributed by atoms with E-state index in [1.165, 1.54) is 30.4 Å². The van der Waals surface area contributed by atoms with Gasteiger partial charge in [0.05, 0.1) is 6.61 Å². The molecule has 0 unspecified atom stereocenters. The lowest BCUT2D eigenvalue weighted by atomic mass is 10.1. The smallest absolute Gasteiger partial charge is 0.119 e. The summed E-state index contributed by atoms with van der Waals surface area (Å²) in [4.78, 5) is 0. The summed E-state index contributed by atoms with van der Waals surface area (Å²) in [6.07, 6.45) is 5.89. The van der Waals surface area contributed by atoms with Gasteiger partial charge in [0.25, 0.3) is 0 Å². The molecule has 1 aromatic carbocycles. The van der Waals surface area contributed by atoms with Crippen molar-refractivity contribution < 1.29 is 4.74 Å². The number of hydrogen-bond donors (Lipinski definition) is 0. The molecule has 14 heavy (non-hydrogen) atoms. The van der Waals surface area contributed by atoms with Gasteiger partial charge in [-0.25, -0.2) is 0 Å². The van der Waals surface area contributed by atoms with E-state index in [0.29, 0.717) is 0 Å². The van der Waals surface area contributed by atoms with Crippen LogP contribution >= 0.6 is 11.8 Å². The molecule has 1 aliphatic carbocycles. The molecule has 1 aliphatic rings. The molecule has 0 aliphatic heterocycles. The summed E-state index contributed by atoms with van der Waals surface area (Å²) in [6, 6.07) is 6.53. The van der Waals surface area contributed by atoms with Gasteiger partial charge in [-0.15, -0.1) is 0 Å². The van der Waals surface area contributed by atoms with Gasteiger partial charge in [0, 0.05) is 5.75 Å². The molecule has 0 aromatic heterocycles. The van der Waals surface area contributed by atoms with E-state index in [9.17, 15) is 0 Å². The summed E-state index contributed by atoms with van der Waals surface area (Å²) in [7, 11) is 0. The number of aryl methyl sites for hydroxylation is 2. The summed E-state index contributed by atoms with van der Waals surface area (Å²) in [5, 5.41) is 0. The van der Waals surface area contributed by atoms with Crippen LogP contribution in [0.1, 0.15) is 17.5 Å². The minimum atomic E-state index is 0.819. The summed E-state index contributed by atoms with van der Waals surface area (Å²) in [6.45, 7) is 0.819. The topological polar surface area (TPSA) is 9.23 Å². The van der Waals surface area contributed by atoms with E-state index in [4.69, 9.17) is 4.74 Å². The SMILES string of the molecule is CSCCOc1ccc2c(c1)CCC2. The van der Waals surface area contributed by atoms with E-state index in [1.54, 1.807) is 0 Å². The van der Waals surface area contributed by atoms with Gasteiger partial charge in [-0.1, -0.05) is 6.07 Å². The first-order chi connectivity index (χ1) is 6.90. The number of ether oxygens (including phenoxy) is 1. The zero-order valence-corrected chi connectivity index (χ0v) is 9.40. The molecular formula is C12H16OS. The molecule has 1 aromatic rings. The Morgan fingerprint density at radius 1 is 1.29 bits per heavy atom. The van der Waals surface area contributed by atoms with Crippen LogP contribution in [0.5, 0.6) is 5.75 Å². The van der Waals surface area contributed by atoms with Crippen molar-refractivity contribution in [2.45, 2.75) is 19.3 Å². The predicted octanol–water partition coefficient (Wildman–Crippen LogP) is 2.92. The van der Waals surface area contributed by atoms with E-state index < -0.39 is 0 Å². The van der Waals surface area contributed by atoms with Crippen LogP contribution in [-0.2, 0) is 12.8 Å². The lowest BCUT2D eigenvalue weighted by molar-refractivity contribution is 0.343. The van der Waals surface area contributed by atoms with Gasteiger partial charge in [0.1, 0.15) is 5.75 Å². The van der Waals surface area contributed by atoms with E-state index in [0.717, 1.165) is 18.1 Å². The Hall–Kier alpha value is -0.630. The van der Waals surface area contributed by atoms with E-state index in [-0.39, 0.29) is 0 Å². The molecule has 0 N–H and O–H groups in total. The van der Waals surface area contributed by atoms with Crippen LogP contribution in [0.15, 0.2) is 18.2 Å². The minimum absolute atomic E-state index is 0.819. The second-order valence-corrected chi connectivity index (χ2v) is 4.61. The first-order valence-electron chi connectivity index (χ1n) is 5.13. The number of rotatable bonds is 4. The first kappa shape index (κ1) is 9.91. The maximum Gasteiger partial charge on any atom is 0.119 e. The molecular weight excluding hydrogens is 192 g/mol. The molecule has 1 nitrogen and oxygen atoms in total. The van der Waals surface area contributed by atoms with Gasteiger partial charge >= 0.3 is 0 Å². The predicted molar refractivity (Wildman–Crippen MR) is 62.3 cm³/mol. The maximum absolute atomic E-state index is 5.65. The number of benzene rings is 1. The number of thioether (sulfide) groups is 1. The third-order valence-electron chi connectivity index (χ3n) is 2.63. The summed E-state index contributed by atoms with van der Waals surface area (Å²) >= 11 is 1.82. The van der Waals surface area contributed by atoms with Crippen molar-refractivity contribution in [1.82, 2.24) is 0 Å². The Bertz CT molecular complexity index is 309. The molecule has 2 rings (SSSR count). The summed E-state index contributed by atoms with van der Waals surface area (Å²) in [5.74, 6) is 2.11. The van der Waals surface area contributed by atoms with Crippen molar-refractivity contribution in [3.05, 3.63) is 29.3 Å². The van der Waals surface area contributed by atoms with Crippen molar-refractivity contribution in [3.63, 3.8) is 0 Å². The normalized spacial score (nSPS) is 14.1. The Morgan fingerprint density at radius 3 is 3.00 bits per heavy atom. The van der Waals surface area contributed by atoms with Gasteiger partial charge in [0.2, 0.25) is 0 Å². The van der Waals surface area contributed by atoms with Gasteiger partial charge in [-0.3, -0.25) is 0 Å². The van der Waals surface area contributed by atoms with Crippen LogP contribution in [0.4, 0.5) is 0 Å². The second kappa shape index (κ2) is 4.74. The van der Waals surface area contributed by atoms with E-state index in [1.807, 2.05) is 11.8 Å². The van der Waals surface area contributed by atoms with Crippen LogP contribution in [-0.4, -0.2) is 18.6 Å². The van der Waals surface area contributed by atoms with E-state index >= 15 is 0 Å². The van der Waals surface area contributed by atoms with Crippen LogP contribution in [0.25, 0.3) is 0 Å². The van der Waals surface area contributed by atoms with Gasteiger partial charge < -0.3 is 4.74 Å². The molecule has 76 valence electrons. The quantitative estimate of drug-likeness (QED) is 0.704. The third kappa shape index (κ3) is 2.24. The second-order valence-electron chi connectivity index (χ2n) is 3.63. The Balaban J connectivity index is 1.98. The highest BCUT2D eigenvalue weighted by Gasteiger charge is 2.10. The summed E-state index contributed by atoms with van der Waals surface area (Å²) in [5.41, 5.74) is 3.01. The molecule has 0 heterocycles. The van der Waals surface area contributed by atoms with Crippen LogP contribution < -0.4 is 4.74 Å². The fourth-order valence-electron chi connectivity index (χ4n) is 1.88. The number of fused-ring (bicyclic) bond motifs is 1. The number of hydrogen-bond acceptors (Lipinski definition) is 2. The van der Waals surface area contributed by atoms with Crippen molar-refractivity contribution in [2.24, 2.45) is 0 Å². The van der Waals surface area contributed by atoms with Gasteiger partial charge in [-0.05, 0) is 48.8 Å². The Morgan fingerprint density at radius 2 is 2.14 bits per heavy atom. The highest BCUT2D eigenvalue weighted by molar-refractivity contribution is 7.98. The fourth-order valence-corrected chi connectivity index (χ4v) is 2.13. The van der Waals surface area contributed by atoms with E-state index in [2.05, 4.69) is 24.5 Å². The van der Waals surface area contributed by atoms with Gasteiger partial charge in [-0.2, -0.15) is 11.8 Å². The third-order valence-corrected chi connectivity index (χ3v) is 3.20. The highest BCUT2D eigenvalue weighted by Crippen LogP contribution is 2.25. The molecule has 2 heteroatoms. The van der Waals surface area contributed by atoms with Crippen molar-refractivity contribution in [1.29, 1.82) is 0 Å². The molecule has 0 spiro atoms. The molecule has 0 saturated carbocycles. The summed E-state index contributed by atoms with van der Waals surface area (Å²) < 4.78 is 5.65. The largest absolute Gasteiger partial charge is 0.493 e.